The molecule has 0 bridgehead atoms. The van der Waals surface area contributed by atoms with Crippen LogP contribution in [0.5, 0.6) is 5.75 Å². The number of nitrogens with zero attached hydrogens (tertiary/aromatic N) is 1. The summed E-state index contributed by atoms with van der Waals surface area (Å²) >= 11 is 0. The highest BCUT2D eigenvalue weighted by Crippen LogP contribution is 2.25. The summed E-state index contributed by atoms with van der Waals surface area (Å²) in [7, 11) is 1.54. The summed E-state index contributed by atoms with van der Waals surface area (Å²) in [6.07, 6.45) is 1.12. The first-order valence-corrected chi connectivity index (χ1v) is 10.5. The number of carbonyl (C=O) groups is 3. The van der Waals surface area contributed by atoms with Gasteiger partial charge in [-0.1, -0.05) is 6.07 Å². The predicted octanol–water partition coefficient (Wildman–Crippen LogP) is 2.89. The molecule has 1 aromatic carbocycles. The van der Waals surface area contributed by atoms with Gasteiger partial charge in [-0.05, 0) is 64.2 Å². The van der Waals surface area contributed by atoms with Crippen LogP contribution < -0.4 is 20.7 Å². The van der Waals surface area contributed by atoms with E-state index in [9.17, 15) is 14.4 Å². The molecule has 0 aliphatic carbocycles. The summed E-state index contributed by atoms with van der Waals surface area (Å²) in [6, 6.07) is 5.22. The molecule has 1 aliphatic heterocycles. The van der Waals surface area contributed by atoms with E-state index in [-0.39, 0.29) is 24.4 Å². The summed E-state index contributed by atoms with van der Waals surface area (Å²) < 4.78 is 10.5. The molecule has 0 atom stereocenters. The van der Waals surface area contributed by atoms with Crippen LogP contribution in [0.1, 0.15) is 39.2 Å². The summed E-state index contributed by atoms with van der Waals surface area (Å²) in [5.41, 5.74) is 1.03. The number of ether oxygens (including phenoxy) is 2. The molecular formula is C22H34N4O5. The summed E-state index contributed by atoms with van der Waals surface area (Å²) in [5, 5.41) is 8.21. The van der Waals surface area contributed by atoms with Gasteiger partial charge in [0.2, 0.25) is 5.91 Å². The molecule has 2 rings (SSSR count). The molecule has 0 unspecified atom stereocenters. The van der Waals surface area contributed by atoms with Gasteiger partial charge in [0, 0.05) is 19.6 Å². The van der Waals surface area contributed by atoms with E-state index >= 15 is 0 Å². The lowest BCUT2D eigenvalue weighted by Gasteiger charge is -2.32. The van der Waals surface area contributed by atoms with Crippen LogP contribution in [0.3, 0.4) is 0 Å². The standard InChI is InChI=1S/C22H34N4O5/c1-15-6-7-18(30-5)17(12-15)25-19(27)14-23-20(28)26-10-8-16(9-11-26)13-24-21(29)31-22(2,3)4/h6-7,12,16H,8-11,13-14H2,1-5H3,(H,23,28)(H,24,29)(H,25,27). The molecule has 1 saturated heterocycles. The third kappa shape index (κ3) is 8.35. The Bertz CT molecular complexity index is 783. The fourth-order valence-corrected chi connectivity index (χ4v) is 3.26. The number of alkyl carbamates (subject to hydrolysis) is 1. The van der Waals surface area contributed by atoms with Crippen molar-refractivity contribution in [2.75, 3.05) is 38.6 Å². The monoisotopic (exact) mass is 434 g/mol. The maximum atomic E-state index is 12.4. The molecule has 1 aromatic rings. The van der Waals surface area contributed by atoms with E-state index in [0.29, 0.717) is 31.1 Å². The predicted molar refractivity (Wildman–Crippen MR) is 118 cm³/mol. The molecule has 31 heavy (non-hydrogen) atoms. The largest absolute Gasteiger partial charge is 0.495 e. The first-order chi connectivity index (χ1) is 14.6. The number of urea groups is 1. The third-order valence-electron chi connectivity index (χ3n) is 4.86. The second-order valence-electron chi connectivity index (χ2n) is 8.72. The van der Waals surface area contributed by atoms with Gasteiger partial charge in [0.25, 0.3) is 0 Å². The Balaban J connectivity index is 1.70. The molecule has 1 fully saturated rings. The van der Waals surface area contributed by atoms with Crippen LogP contribution in [0, 0.1) is 12.8 Å². The smallest absolute Gasteiger partial charge is 0.407 e. The van der Waals surface area contributed by atoms with Crippen LogP contribution in [0.25, 0.3) is 0 Å². The first kappa shape index (κ1) is 24.3. The normalized spacial score (nSPS) is 14.5. The van der Waals surface area contributed by atoms with Crippen LogP contribution in [-0.2, 0) is 9.53 Å². The average Bonchev–Trinajstić information content (AvgIpc) is 2.70. The Morgan fingerprint density at radius 3 is 2.42 bits per heavy atom. The molecule has 0 aromatic heterocycles. The summed E-state index contributed by atoms with van der Waals surface area (Å²) in [4.78, 5) is 38.1. The Morgan fingerprint density at radius 1 is 1.13 bits per heavy atom. The van der Waals surface area contributed by atoms with Crippen molar-refractivity contribution in [3.8, 4) is 5.75 Å². The lowest BCUT2D eigenvalue weighted by atomic mass is 9.97. The quantitative estimate of drug-likeness (QED) is 0.638. The van der Waals surface area contributed by atoms with Crippen molar-refractivity contribution in [1.82, 2.24) is 15.5 Å². The second kappa shape index (κ2) is 10.9. The molecule has 9 nitrogen and oxygen atoms in total. The number of amides is 4. The fraction of sp³-hybridized carbons (Fsp3) is 0.591. The van der Waals surface area contributed by atoms with Gasteiger partial charge in [-0.3, -0.25) is 4.79 Å². The lowest BCUT2D eigenvalue weighted by Crippen LogP contribution is -2.47. The number of hydrogen-bond acceptors (Lipinski definition) is 5. The highest BCUT2D eigenvalue weighted by atomic mass is 16.6. The molecule has 0 radical (unpaired) electrons. The number of aryl methyl sites for hydroxylation is 1. The number of nitrogens with one attached hydrogen (secondary N) is 3. The molecule has 0 saturated carbocycles. The second-order valence-corrected chi connectivity index (χ2v) is 8.72. The molecule has 3 N–H and O–H groups in total. The SMILES string of the molecule is COc1ccc(C)cc1NC(=O)CNC(=O)N1CCC(CNC(=O)OC(C)(C)C)CC1. The Labute approximate surface area is 183 Å². The van der Waals surface area contributed by atoms with Crippen molar-refractivity contribution >= 4 is 23.7 Å². The van der Waals surface area contributed by atoms with Gasteiger partial charge >= 0.3 is 12.1 Å². The number of benzene rings is 1. The number of methoxy groups -OCH3 is 1. The van der Waals surface area contributed by atoms with E-state index in [0.717, 1.165) is 18.4 Å². The molecule has 4 amide bonds. The van der Waals surface area contributed by atoms with Crippen molar-refractivity contribution in [3.63, 3.8) is 0 Å². The first-order valence-electron chi connectivity index (χ1n) is 10.5. The van der Waals surface area contributed by atoms with E-state index in [4.69, 9.17) is 9.47 Å². The van der Waals surface area contributed by atoms with Crippen molar-refractivity contribution in [3.05, 3.63) is 23.8 Å². The summed E-state index contributed by atoms with van der Waals surface area (Å²) in [6.45, 7) is 8.91. The highest BCUT2D eigenvalue weighted by Gasteiger charge is 2.24. The number of carbonyl (C=O) groups excluding carboxylic acids is 3. The third-order valence-corrected chi connectivity index (χ3v) is 4.86. The number of piperidine rings is 1. The molecule has 9 heteroatoms. The summed E-state index contributed by atoms with van der Waals surface area (Å²) in [5.74, 6) is 0.523. The van der Waals surface area contributed by atoms with Gasteiger partial charge in [0.15, 0.2) is 0 Å². The topological polar surface area (TPSA) is 109 Å². The van der Waals surface area contributed by atoms with Gasteiger partial charge in [0.1, 0.15) is 11.4 Å². The Kier molecular flexibility index (Phi) is 8.53. The van der Waals surface area contributed by atoms with Crippen molar-refractivity contribution < 1.29 is 23.9 Å². The minimum atomic E-state index is -0.525. The van der Waals surface area contributed by atoms with Gasteiger partial charge in [-0.15, -0.1) is 0 Å². The van der Waals surface area contributed by atoms with Crippen LogP contribution >= 0.6 is 0 Å². The number of anilines is 1. The van der Waals surface area contributed by atoms with E-state index in [1.165, 1.54) is 7.11 Å². The number of rotatable bonds is 6. The minimum absolute atomic E-state index is 0.129. The zero-order valence-electron chi connectivity index (χ0n) is 19.0. The van der Waals surface area contributed by atoms with Crippen LogP contribution in [-0.4, -0.2) is 61.8 Å². The molecule has 172 valence electrons. The maximum absolute atomic E-state index is 12.4. The van der Waals surface area contributed by atoms with E-state index in [1.807, 2.05) is 39.8 Å². The maximum Gasteiger partial charge on any atom is 0.407 e. The van der Waals surface area contributed by atoms with Crippen LogP contribution in [0.4, 0.5) is 15.3 Å². The highest BCUT2D eigenvalue weighted by molar-refractivity contribution is 5.95. The number of likely N-dealkylation sites (tertiary alicyclic amines) is 1. The van der Waals surface area contributed by atoms with Crippen molar-refractivity contribution in [2.24, 2.45) is 5.92 Å². The lowest BCUT2D eigenvalue weighted by molar-refractivity contribution is -0.115. The van der Waals surface area contributed by atoms with Crippen LogP contribution in [0.15, 0.2) is 18.2 Å². The van der Waals surface area contributed by atoms with Gasteiger partial charge in [-0.2, -0.15) is 0 Å². The van der Waals surface area contributed by atoms with Crippen molar-refractivity contribution in [1.29, 1.82) is 0 Å². The average molecular weight is 435 g/mol. The number of hydrogen-bond donors (Lipinski definition) is 3. The minimum Gasteiger partial charge on any atom is -0.495 e. The Morgan fingerprint density at radius 2 is 1.81 bits per heavy atom. The Hall–Kier alpha value is -2.97. The van der Waals surface area contributed by atoms with Gasteiger partial charge in [-0.25, -0.2) is 9.59 Å². The van der Waals surface area contributed by atoms with Crippen LogP contribution in [0.2, 0.25) is 0 Å². The fourth-order valence-electron chi connectivity index (χ4n) is 3.26. The van der Waals surface area contributed by atoms with Gasteiger partial charge in [0.05, 0.1) is 19.3 Å². The zero-order valence-corrected chi connectivity index (χ0v) is 19.0. The van der Waals surface area contributed by atoms with Gasteiger partial charge < -0.3 is 30.3 Å². The van der Waals surface area contributed by atoms with E-state index < -0.39 is 11.7 Å². The molecule has 0 spiro atoms. The zero-order chi connectivity index (χ0) is 23.0. The van der Waals surface area contributed by atoms with E-state index in [1.54, 1.807) is 11.0 Å². The van der Waals surface area contributed by atoms with E-state index in [2.05, 4.69) is 16.0 Å². The van der Waals surface area contributed by atoms with Crippen molar-refractivity contribution in [2.45, 2.75) is 46.1 Å². The molecular weight excluding hydrogens is 400 g/mol. The molecule has 1 aliphatic rings. The molecule has 1 heterocycles.